The van der Waals surface area contributed by atoms with Gasteiger partial charge in [-0.2, -0.15) is 0 Å². The number of carboxylic acids is 1. The summed E-state index contributed by atoms with van der Waals surface area (Å²) in [4.78, 5) is 24.5. The third-order valence-electron chi connectivity index (χ3n) is 3.80. The predicted octanol–water partition coefficient (Wildman–Crippen LogP) is 0.460. The number of hydrogen-bond donors (Lipinski definition) is 1. The Hall–Kier alpha value is -0.790. The summed E-state index contributed by atoms with van der Waals surface area (Å²) >= 11 is 1.15. The van der Waals surface area contributed by atoms with Gasteiger partial charge < -0.3 is 19.5 Å². The van der Waals surface area contributed by atoms with E-state index < -0.39 is 5.97 Å². The fraction of sp³-hybridized carbons (Fsp3) is 0.846. The molecule has 0 radical (unpaired) electrons. The van der Waals surface area contributed by atoms with Crippen LogP contribution in [0, 0.1) is 5.41 Å². The predicted molar refractivity (Wildman–Crippen MR) is 74.8 cm³/mol. The Morgan fingerprint density at radius 3 is 2.60 bits per heavy atom. The monoisotopic (exact) mass is 303 g/mol. The van der Waals surface area contributed by atoms with Gasteiger partial charge in [0.05, 0.1) is 24.7 Å². The van der Waals surface area contributed by atoms with Crippen LogP contribution in [0.3, 0.4) is 0 Å². The smallest absolute Gasteiger partial charge is 0.313 e. The molecule has 2 aliphatic rings. The van der Waals surface area contributed by atoms with Crippen molar-refractivity contribution in [1.29, 1.82) is 0 Å². The van der Waals surface area contributed by atoms with Crippen LogP contribution >= 0.6 is 11.8 Å². The van der Waals surface area contributed by atoms with Crippen LogP contribution in [0.15, 0.2) is 0 Å². The van der Waals surface area contributed by atoms with Crippen molar-refractivity contribution in [1.82, 2.24) is 4.90 Å². The minimum Gasteiger partial charge on any atom is -0.481 e. The van der Waals surface area contributed by atoms with E-state index in [1.807, 2.05) is 4.90 Å². The molecular weight excluding hydrogens is 282 g/mol. The molecule has 1 spiro atoms. The number of carbonyl (C=O) groups excluding carboxylic acids is 1. The molecule has 7 heteroatoms. The molecule has 2 saturated heterocycles. The SMILES string of the molecule is O=C(O)CSCC(=O)N1CCOCC2(CCOCC2)C1. The highest BCUT2D eigenvalue weighted by Crippen LogP contribution is 2.33. The molecule has 0 saturated carbocycles. The van der Waals surface area contributed by atoms with Crippen molar-refractivity contribution in [2.24, 2.45) is 5.41 Å². The number of hydrogen-bond acceptors (Lipinski definition) is 5. The Kier molecular flexibility index (Phi) is 5.68. The fourth-order valence-corrected chi connectivity index (χ4v) is 3.26. The van der Waals surface area contributed by atoms with Gasteiger partial charge in [0.15, 0.2) is 0 Å². The second kappa shape index (κ2) is 7.28. The minimum absolute atomic E-state index is 0.00705. The van der Waals surface area contributed by atoms with Gasteiger partial charge in [-0.3, -0.25) is 9.59 Å². The maximum absolute atomic E-state index is 12.2. The van der Waals surface area contributed by atoms with Crippen molar-refractivity contribution in [2.75, 3.05) is 51.0 Å². The lowest BCUT2D eigenvalue weighted by atomic mass is 9.80. The zero-order chi connectivity index (χ0) is 14.4. The molecule has 0 atom stereocenters. The summed E-state index contributed by atoms with van der Waals surface area (Å²) in [6, 6.07) is 0. The quantitative estimate of drug-likeness (QED) is 0.813. The van der Waals surface area contributed by atoms with Crippen LogP contribution in [0.25, 0.3) is 0 Å². The average molecular weight is 303 g/mol. The maximum atomic E-state index is 12.2. The lowest BCUT2D eigenvalue weighted by Gasteiger charge is -2.38. The van der Waals surface area contributed by atoms with E-state index in [9.17, 15) is 9.59 Å². The summed E-state index contributed by atoms with van der Waals surface area (Å²) < 4.78 is 11.1. The lowest BCUT2D eigenvalue weighted by Crippen LogP contribution is -2.45. The number of thioether (sulfide) groups is 1. The van der Waals surface area contributed by atoms with Gasteiger partial charge in [-0.1, -0.05) is 0 Å². The Labute approximate surface area is 122 Å². The van der Waals surface area contributed by atoms with E-state index in [-0.39, 0.29) is 22.8 Å². The van der Waals surface area contributed by atoms with Crippen molar-refractivity contribution >= 4 is 23.6 Å². The first-order valence-electron chi connectivity index (χ1n) is 6.84. The standard InChI is InChI=1S/C13H21NO5S/c15-11(7-20-8-12(16)17)14-3-6-19-10-13(9-14)1-4-18-5-2-13/h1-10H2,(H,16,17). The van der Waals surface area contributed by atoms with Gasteiger partial charge >= 0.3 is 5.97 Å². The van der Waals surface area contributed by atoms with E-state index in [4.69, 9.17) is 14.6 Å². The Bertz CT molecular complexity index is 357. The topological polar surface area (TPSA) is 76.1 Å². The molecule has 1 amide bonds. The number of carboxylic acid groups (broad SMARTS) is 1. The molecule has 0 aromatic rings. The van der Waals surface area contributed by atoms with E-state index in [2.05, 4.69) is 0 Å². The molecular formula is C13H21NO5S. The molecule has 6 nitrogen and oxygen atoms in total. The third kappa shape index (κ3) is 4.36. The number of aliphatic carboxylic acids is 1. The number of rotatable bonds is 4. The van der Waals surface area contributed by atoms with E-state index in [0.29, 0.717) is 26.3 Å². The first-order valence-corrected chi connectivity index (χ1v) is 8.00. The molecule has 0 unspecified atom stereocenters. The molecule has 0 aromatic carbocycles. The van der Waals surface area contributed by atoms with Crippen LogP contribution < -0.4 is 0 Å². The van der Waals surface area contributed by atoms with Crippen LogP contribution in [0.2, 0.25) is 0 Å². The first-order chi connectivity index (χ1) is 9.61. The Morgan fingerprint density at radius 2 is 1.90 bits per heavy atom. The van der Waals surface area contributed by atoms with Crippen LogP contribution in [-0.2, 0) is 19.1 Å². The van der Waals surface area contributed by atoms with Gasteiger partial charge in [0.1, 0.15) is 0 Å². The second-order valence-electron chi connectivity index (χ2n) is 5.37. The van der Waals surface area contributed by atoms with Gasteiger partial charge in [0.2, 0.25) is 5.91 Å². The Morgan fingerprint density at radius 1 is 1.15 bits per heavy atom. The van der Waals surface area contributed by atoms with Gasteiger partial charge in [0.25, 0.3) is 0 Å². The van der Waals surface area contributed by atoms with E-state index in [1.165, 1.54) is 0 Å². The van der Waals surface area contributed by atoms with Crippen molar-refractivity contribution in [2.45, 2.75) is 12.8 Å². The highest BCUT2D eigenvalue weighted by Gasteiger charge is 2.37. The van der Waals surface area contributed by atoms with E-state index in [1.54, 1.807) is 0 Å². The molecule has 2 aliphatic heterocycles. The van der Waals surface area contributed by atoms with E-state index in [0.717, 1.165) is 37.8 Å². The molecule has 1 N–H and O–H groups in total. The second-order valence-corrected chi connectivity index (χ2v) is 6.35. The lowest BCUT2D eigenvalue weighted by molar-refractivity contribution is -0.133. The average Bonchev–Trinajstić information content (AvgIpc) is 2.62. The number of amides is 1. The zero-order valence-corrected chi connectivity index (χ0v) is 12.3. The molecule has 2 rings (SSSR count). The normalized spacial score (nSPS) is 22.5. The molecule has 0 aliphatic carbocycles. The van der Waals surface area contributed by atoms with Crippen molar-refractivity contribution in [3.8, 4) is 0 Å². The van der Waals surface area contributed by atoms with Gasteiger partial charge in [-0.05, 0) is 12.8 Å². The number of carbonyl (C=O) groups is 2. The zero-order valence-electron chi connectivity index (χ0n) is 11.5. The van der Waals surface area contributed by atoms with Crippen molar-refractivity contribution < 1.29 is 24.2 Å². The maximum Gasteiger partial charge on any atom is 0.313 e. The molecule has 2 fully saturated rings. The van der Waals surface area contributed by atoms with Crippen LogP contribution in [0.5, 0.6) is 0 Å². The van der Waals surface area contributed by atoms with Crippen LogP contribution in [-0.4, -0.2) is 72.9 Å². The summed E-state index contributed by atoms with van der Waals surface area (Å²) in [6.45, 7) is 3.97. The molecule has 2 heterocycles. The van der Waals surface area contributed by atoms with Gasteiger partial charge in [-0.25, -0.2) is 0 Å². The van der Waals surface area contributed by atoms with Crippen LogP contribution in [0.1, 0.15) is 12.8 Å². The largest absolute Gasteiger partial charge is 0.481 e. The highest BCUT2D eigenvalue weighted by molar-refractivity contribution is 8.00. The number of ether oxygens (including phenoxy) is 2. The third-order valence-corrected chi connectivity index (χ3v) is 4.70. The summed E-state index contributed by atoms with van der Waals surface area (Å²) in [5.74, 6) is -0.691. The fourth-order valence-electron chi connectivity index (χ4n) is 2.63. The van der Waals surface area contributed by atoms with Crippen LogP contribution in [0.4, 0.5) is 0 Å². The molecule has 0 bridgehead atoms. The summed E-state index contributed by atoms with van der Waals surface area (Å²) in [5, 5.41) is 8.60. The first kappa shape index (κ1) is 15.6. The highest BCUT2D eigenvalue weighted by atomic mass is 32.2. The minimum atomic E-state index is -0.886. The summed E-state index contributed by atoms with van der Waals surface area (Å²) in [5.41, 5.74) is 0.0157. The van der Waals surface area contributed by atoms with Gasteiger partial charge in [0, 0.05) is 31.7 Å². The van der Waals surface area contributed by atoms with Crippen molar-refractivity contribution in [3.63, 3.8) is 0 Å². The molecule has 20 heavy (non-hydrogen) atoms. The van der Waals surface area contributed by atoms with Gasteiger partial charge in [-0.15, -0.1) is 11.8 Å². The number of nitrogens with zero attached hydrogens (tertiary/aromatic N) is 1. The van der Waals surface area contributed by atoms with Crippen molar-refractivity contribution in [3.05, 3.63) is 0 Å². The van der Waals surface area contributed by atoms with E-state index >= 15 is 0 Å². The molecule has 114 valence electrons. The summed E-state index contributed by atoms with van der Waals surface area (Å²) in [6.07, 6.45) is 1.83. The summed E-state index contributed by atoms with van der Waals surface area (Å²) in [7, 11) is 0. The Balaban J connectivity index is 1.89. The molecule has 0 aromatic heterocycles.